The first-order valence-electron chi connectivity index (χ1n) is 9.14. The highest BCUT2D eigenvalue weighted by Crippen LogP contribution is 2.24. The Morgan fingerprint density at radius 2 is 2.00 bits per heavy atom. The lowest BCUT2D eigenvalue weighted by atomic mass is 10.1. The van der Waals surface area contributed by atoms with E-state index in [-0.39, 0.29) is 6.04 Å². The molecule has 27 heavy (non-hydrogen) atoms. The molecule has 0 aliphatic carbocycles. The van der Waals surface area contributed by atoms with Crippen molar-refractivity contribution in [3.8, 4) is 6.07 Å². The van der Waals surface area contributed by atoms with Gasteiger partial charge in [-0.3, -0.25) is 19.4 Å². The SMILES string of the molecule is CN(C)C(CNc1c(N2CCN(CCC#N)CC2)c(=O)c1=O)c1ccco1. The summed E-state index contributed by atoms with van der Waals surface area (Å²) in [6.45, 7) is 4.15. The highest BCUT2D eigenvalue weighted by atomic mass is 16.3. The summed E-state index contributed by atoms with van der Waals surface area (Å²) in [7, 11) is 3.89. The molecule has 8 heteroatoms. The zero-order valence-corrected chi connectivity index (χ0v) is 15.8. The topological polar surface area (TPSA) is 92.8 Å². The number of hydrogen-bond acceptors (Lipinski definition) is 8. The lowest BCUT2D eigenvalue weighted by Gasteiger charge is -2.37. The van der Waals surface area contributed by atoms with Gasteiger partial charge in [0.2, 0.25) is 0 Å². The second kappa shape index (κ2) is 8.37. The molecule has 0 amide bonds. The summed E-state index contributed by atoms with van der Waals surface area (Å²) in [5.41, 5.74) is 0.0389. The van der Waals surface area contributed by atoms with Gasteiger partial charge in [0, 0.05) is 45.7 Å². The van der Waals surface area contributed by atoms with Crippen molar-refractivity contribution in [2.45, 2.75) is 12.5 Å². The van der Waals surface area contributed by atoms with Gasteiger partial charge in [-0.15, -0.1) is 0 Å². The molecule has 0 radical (unpaired) electrons. The number of piperazine rings is 1. The zero-order chi connectivity index (χ0) is 19.4. The normalized spacial score (nSPS) is 16.6. The highest BCUT2D eigenvalue weighted by Gasteiger charge is 2.29. The highest BCUT2D eigenvalue weighted by molar-refractivity contribution is 5.75. The van der Waals surface area contributed by atoms with Gasteiger partial charge in [0.15, 0.2) is 0 Å². The third-order valence-electron chi connectivity index (χ3n) is 5.08. The number of hydrogen-bond donors (Lipinski definition) is 1. The monoisotopic (exact) mass is 371 g/mol. The fourth-order valence-electron chi connectivity index (χ4n) is 3.47. The van der Waals surface area contributed by atoms with E-state index in [2.05, 4.69) is 16.3 Å². The van der Waals surface area contributed by atoms with Crippen molar-refractivity contribution in [2.24, 2.45) is 0 Å². The van der Waals surface area contributed by atoms with E-state index in [0.29, 0.717) is 37.4 Å². The van der Waals surface area contributed by atoms with Gasteiger partial charge in [0.05, 0.1) is 18.4 Å². The molecule has 0 bridgehead atoms. The maximum Gasteiger partial charge on any atom is 0.253 e. The fraction of sp³-hybridized carbons (Fsp3) is 0.526. The first-order valence-corrected chi connectivity index (χ1v) is 9.14. The number of rotatable bonds is 8. The molecule has 3 rings (SSSR count). The van der Waals surface area contributed by atoms with Crippen molar-refractivity contribution in [3.63, 3.8) is 0 Å². The molecular formula is C19H25N5O3. The van der Waals surface area contributed by atoms with Gasteiger partial charge < -0.3 is 14.6 Å². The van der Waals surface area contributed by atoms with Crippen LogP contribution in [0.15, 0.2) is 32.4 Å². The van der Waals surface area contributed by atoms with Gasteiger partial charge in [-0.05, 0) is 26.2 Å². The molecule has 1 saturated heterocycles. The van der Waals surface area contributed by atoms with Crippen LogP contribution < -0.4 is 21.1 Å². The predicted molar refractivity (Wildman–Crippen MR) is 104 cm³/mol. The van der Waals surface area contributed by atoms with Crippen LogP contribution in [-0.4, -0.2) is 63.2 Å². The predicted octanol–water partition coefficient (Wildman–Crippen LogP) is 0.626. The average molecular weight is 371 g/mol. The molecule has 0 saturated carbocycles. The maximum absolute atomic E-state index is 12.2. The minimum absolute atomic E-state index is 0.0416. The molecule has 1 unspecified atom stereocenters. The molecule has 2 heterocycles. The molecule has 1 N–H and O–H groups in total. The van der Waals surface area contributed by atoms with Crippen LogP contribution in [-0.2, 0) is 0 Å². The molecule has 1 aliphatic rings. The lowest BCUT2D eigenvalue weighted by Crippen LogP contribution is -2.51. The van der Waals surface area contributed by atoms with Gasteiger partial charge >= 0.3 is 0 Å². The Labute approximate surface area is 158 Å². The van der Waals surface area contributed by atoms with E-state index >= 15 is 0 Å². The molecule has 1 aromatic carbocycles. The van der Waals surface area contributed by atoms with E-state index in [4.69, 9.17) is 9.68 Å². The second-order valence-corrected chi connectivity index (χ2v) is 6.99. The number of likely N-dealkylation sites (N-methyl/N-ethyl adjacent to an activating group) is 1. The molecule has 1 aliphatic heterocycles. The largest absolute Gasteiger partial charge is 0.468 e. The van der Waals surface area contributed by atoms with E-state index in [9.17, 15) is 9.59 Å². The van der Waals surface area contributed by atoms with Crippen LogP contribution in [0, 0.1) is 11.3 Å². The van der Waals surface area contributed by atoms with Crippen molar-refractivity contribution >= 4 is 11.4 Å². The van der Waals surface area contributed by atoms with Crippen molar-refractivity contribution in [3.05, 3.63) is 44.6 Å². The molecule has 1 aromatic heterocycles. The van der Waals surface area contributed by atoms with E-state index in [1.165, 1.54) is 0 Å². The number of nitrogens with zero attached hydrogens (tertiary/aromatic N) is 4. The molecule has 0 spiro atoms. The van der Waals surface area contributed by atoms with Gasteiger partial charge in [-0.1, -0.05) is 0 Å². The molecular weight excluding hydrogens is 346 g/mol. The first kappa shape index (κ1) is 19.1. The quantitative estimate of drug-likeness (QED) is 0.676. The molecule has 144 valence electrons. The van der Waals surface area contributed by atoms with Crippen molar-refractivity contribution in [1.82, 2.24) is 9.80 Å². The third-order valence-corrected chi connectivity index (χ3v) is 5.08. The van der Waals surface area contributed by atoms with Crippen LogP contribution in [0.2, 0.25) is 0 Å². The molecule has 2 aromatic rings. The van der Waals surface area contributed by atoms with Crippen LogP contribution >= 0.6 is 0 Å². The summed E-state index contributed by atoms with van der Waals surface area (Å²) < 4.78 is 5.49. The Morgan fingerprint density at radius 3 is 2.59 bits per heavy atom. The molecule has 8 nitrogen and oxygen atoms in total. The number of furan rings is 1. The van der Waals surface area contributed by atoms with E-state index < -0.39 is 10.9 Å². The van der Waals surface area contributed by atoms with Crippen molar-refractivity contribution < 1.29 is 4.42 Å². The van der Waals surface area contributed by atoms with E-state index in [1.54, 1.807) is 6.26 Å². The molecule has 1 atom stereocenters. The summed E-state index contributed by atoms with van der Waals surface area (Å²) in [4.78, 5) is 30.5. The van der Waals surface area contributed by atoms with Crippen LogP contribution in [0.4, 0.5) is 11.4 Å². The van der Waals surface area contributed by atoms with Crippen molar-refractivity contribution in [2.75, 3.05) is 63.6 Å². The Hall–Kier alpha value is -2.63. The van der Waals surface area contributed by atoms with E-state index in [0.717, 1.165) is 25.4 Å². The standard InChI is InChI=1S/C19H25N5O3/c1-22(2)14(15-5-3-12-27-15)13-21-16-17(19(26)18(16)25)24-10-8-23(9-11-24)7-4-6-20/h3,5,12,14,21H,4,7-11,13H2,1-2H3. The Bertz CT molecular complexity index is 853. The number of nitrogens with one attached hydrogen (secondary N) is 1. The minimum Gasteiger partial charge on any atom is -0.468 e. The number of anilines is 2. The summed E-state index contributed by atoms with van der Waals surface area (Å²) in [5, 5.41) is 11.9. The third kappa shape index (κ3) is 4.04. The van der Waals surface area contributed by atoms with Crippen LogP contribution in [0.3, 0.4) is 0 Å². The summed E-state index contributed by atoms with van der Waals surface area (Å²) in [6.07, 6.45) is 2.13. The summed E-state index contributed by atoms with van der Waals surface area (Å²) >= 11 is 0. The van der Waals surface area contributed by atoms with Crippen LogP contribution in [0.25, 0.3) is 0 Å². The van der Waals surface area contributed by atoms with Gasteiger partial charge in [0.1, 0.15) is 17.1 Å². The Balaban J connectivity index is 1.65. The zero-order valence-electron chi connectivity index (χ0n) is 15.8. The summed E-state index contributed by atoms with van der Waals surface area (Å²) in [6, 6.07) is 5.84. The van der Waals surface area contributed by atoms with Crippen molar-refractivity contribution in [1.29, 1.82) is 5.26 Å². The average Bonchev–Trinajstić information content (AvgIpc) is 3.20. The fourth-order valence-corrected chi connectivity index (χ4v) is 3.47. The van der Waals surface area contributed by atoms with E-state index in [1.807, 2.05) is 36.0 Å². The van der Waals surface area contributed by atoms with Crippen LogP contribution in [0.1, 0.15) is 18.2 Å². The first-order chi connectivity index (χ1) is 13.0. The number of nitriles is 1. The smallest absolute Gasteiger partial charge is 0.253 e. The van der Waals surface area contributed by atoms with Gasteiger partial charge in [-0.25, -0.2) is 0 Å². The minimum atomic E-state index is -0.450. The second-order valence-electron chi connectivity index (χ2n) is 6.99. The molecule has 1 fully saturated rings. The van der Waals surface area contributed by atoms with Gasteiger partial charge in [-0.2, -0.15) is 5.26 Å². The Kier molecular flexibility index (Phi) is 5.94. The lowest BCUT2D eigenvalue weighted by molar-refractivity contribution is 0.263. The summed E-state index contributed by atoms with van der Waals surface area (Å²) in [5.74, 6) is 0.804. The maximum atomic E-state index is 12.2. The van der Waals surface area contributed by atoms with Gasteiger partial charge in [0.25, 0.3) is 10.9 Å². The van der Waals surface area contributed by atoms with Crippen LogP contribution in [0.5, 0.6) is 0 Å². The Morgan fingerprint density at radius 1 is 1.26 bits per heavy atom.